The molecule has 4 heteroatoms. The van der Waals surface area contributed by atoms with E-state index in [1.54, 1.807) is 55.7 Å². The average Bonchev–Trinajstić information content (AvgIpc) is 2.65. The van der Waals surface area contributed by atoms with Crippen LogP contribution in [0.15, 0.2) is 60.7 Å². The van der Waals surface area contributed by atoms with E-state index in [9.17, 15) is 9.59 Å². The van der Waals surface area contributed by atoms with Crippen LogP contribution in [0.1, 0.15) is 23.1 Å². The van der Waals surface area contributed by atoms with E-state index in [0.29, 0.717) is 0 Å². The lowest BCUT2D eigenvalue weighted by Gasteiger charge is -1.99. The first kappa shape index (κ1) is 18.4. The lowest BCUT2D eigenvalue weighted by Crippen LogP contribution is -2.01. The molecule has 2 aromatic carbocycles. The Bertz CT molecular complexity index is 701. The molecule has 25 heavy (non-hydrogen) atoms. The van der Waals surface area contributed by atoms with Gasteiger partial charge in [-0.15, -0.1) is 0 Å². The quantitative estimate of drug-likeness (QED) is 0.592. The van der Waals surface area contributed by atoms with Crippen LogP contribution in [-0.2, 0) is 16.2 Å². The summed E-state index contributed by atoms with van der Waals surface area (Å²) in [4.78, 5) is 23.7. The molecule has 0 saturated heterocycles. The zero-order valence-electron chi connectivity index (χ0n) is 14.0. The molecular weight excluding hydrogens is 316 g/mol. The fourth-order valence-electron chi connectivity index (χ4n) is 2.12. The monoisotopic (exact) mass is 336 g/mol. The second-order valence-electron chi connectivity index (χ2n) is 5.45. The van der Waals surface area contributed by atoms with E-state index in [2.05, 4.69) is 0 Å². The summed E-state index contributed by atoms with van der Waals surface area (Å²) in [6.45, 7) is -0.0159. The smallest absolute Gasteiger partial charge is 0.163 e. The predicted octanol–water partition coefficient (Wildman–Crippen LogP) is 3.44. The van der Waals surface area contributed by atoms with Gasteiger partial charge in [0.15, 0.2) is 11.6 Å². The largest absolute Gasteiger partial charge is 0.497 e. The van der Waals surface area contributed by atoms with E-state index in [0.717, 1.165) is 22.4 Å². The van der Waals surface area contributed by atoms with Crippen molar-refractivity contribution in [2.75, 3.05) is 7.11 Å². The fraction of sp³-hybridized carbons (Fsp3) is 0.143. The summed E-state index contributed by atoms with van der Waals surface area (Å²) in [7, 11) is 1.59. The topological polar surface area (TPSA) is 63.6 Å². The molecule has 0 aliphatic carbocycles. The molecule has 2 aromatic rings. The number of methoxy groups -OCH3 is 1. The molecule has 0 radical (unpaired) electrons. The van der Waals surface area contributed by atoms with Crippen LogP contribution in [0.4, 0.5) is 0 Å². The highest BCUT2D eigenvalue weighted by molar-refractivity contribution is 6.10. The van der Waals surface area contributed by atoms with Crippen molar-refractivity contribution in [1.29, 1.82) is 0 Å². The number of ether oxygens (including phenoxy) is 1. The minimum Gasteiger partial charge on any atom is -0.497 e. The molecule has 0 bridgehead atoms. The zero-order chi connectivity index (χ0) is 18.1. The highest BCUT2D eigenvalue weighted by atomic mass is 16.5. The van der Waals surface area contributed by atoms with Gasteiger partial charge in [-0.3, -0.25) is 9.59 Å². The van der Waals surface area contributed by atoms with Crippen molar-refractivity contribution in [2.24, 2.45) is 0 Å². The molecule has 0 atom stereocenters. The Balaban J connectivity index is 1.86. The second-order valence-corrected chi connectivity index (χ2v) is 5.45. The molecule has 0 aromatic heterocycles. The highest BCUT2D eigenvalue weighted by Crippen LogP contribution is 2.12. The molecule has 4 nitrogen and oxygen atoms in total. The van der Waals surface area contributed by atoms with Crippen LogP contribution >= 0.6 is 0 Å². The third-order valence-corrected chi connectivity index (χ3v) is 3.55. The zero-order valence-corrected chi connectivity index (χ0v) is 14.0. The van der Waals surface area contributed by atoms with Crippen molar-refractivity contribution in [3.63, 3.8) is 0 Å². The average molecular weight is 336 g/mol. The molecular formula is C21H20O4. The van der Waals surface area contributed by atoms with Gasteiger partial charge in [0.25, 0.3) is 0 Å². The van der Waals surface area contributed by atoms with E-state index in [-0.39, 0.29) is 24.6 Å². The maximum atomic E-state index is 11.9. The Labute approximate surface area is 147 Å². The van der Waals surface area contributed by atoms with Gasteiger partial charge < -0.3 is 9.84 Å². The van der Waals surface area contributed by atoms with E-state index >= 15 is 0 Å². The van der Waals surface area contributed by atoms with E-state index < -0.39 is 0 Å². The highest BCUT2D eigenvalue weighted by Gasteiger charge is 2.03. The van der Waals surface area contributed by atoms with Gasteiger partial charge in [0.2, 0.25) is 0 Å². The second kappa shape index (κ2) is 9.35. The van der Waals surface area contributed by atoms with Gasteiger partial charge in [-0.25, -0.2) is 0 Å². The number of carbonyl (C=O) groups excluding carboxylic acids is 2. The van der Waals surface area contributed by atoms with Crippen LogP contribution in [0.5, 0.6) is 5.75 Å². The Morgan fingerprint density at radius 3 is 1.80 bits per heavy atom. The van der Waals surface area contributed by atoms with Gasteiger partial charge in [0.05, 0.1) is 20.1 Å². The van der Waals surface area contributed by atoms with E-state index in [1.165, 1.54) is 12.2 Å². The number of benzene rings is 2. The van der Waals surface area contributed by atoms with Gasteiger partial charge in [0.1, 0.15) is 5.75 Å². The first-order valence-electron chi connectivity index (χ1n) is 7.86. The van der Waals surface area contributed by atoms with Gasteiger partial charge in [-0.2, -0.15) is 0 Å². The SMILES string of the molecule is COc1ccc(/C=C/C(=O)CC(=O)/C=C/c2ccc(CO)cc2)cc1. The molecule has 0 saturated carbocycles. The Kier molecular flexibility index (Phi) is 6.87. The standard InChI is InChI=1S/C21H20O4/c1-25-21-12-8-17(9-13-21)7-11-20(24)14-19(23)10-6-16-2-4-18(15-22)5-3-16/h2-13,22H,14-15H2,1H3/b10-6+,11-7+. The van der Waals surface area contributed by atoms with Gasteiger partial charge >= 0.3 is 0 Å². The van der Waals surface area contributed by atoms with Gasteiger partial charge in [-0.05, 0) is 41.0 Å². The fourth-order valence-corrected chi connectivity index (χ4v) is 2.12. The molecule has 2 rings (SSSR count). The minimum atomic E-state index is -0.254. The molecule has 0 spiro atoms. The van der Waals surface area contributed by atoms with Gasteiger partial charge in [-0.1, -0.05) is 48.6 Å². The maximum absolute atomic E-state index is 11.9. The number of allylic oxidation sites excluding steroid dienone is 2. The first-order valence-corrected chi connectivity index (χ1v) is 7.86. The van der Waals surface area contributed by atoms with Crippen LogP contribution in [-0.4, -0.2) is 23.8 Å². The summed E-state index contributed by atoms with van der Waals surface area (Å²) in [6, 6.07) is 14.5. The molecule has 128 valence electrons. The normalized spacial score (nSPS) is 11.1. The number of hydrogen-bond donors (Lipinski definition) is 1. The van der Waals surface area contributed by atoms with Crippen molar-refractivity contribution in [2.45, 2.75) is 13.0 Å². The predicted molar refractivity (Wildman–Crippen MR) is 98.1 cm³/mol. The third kappa shape index (κ3) is 6.20. The number of aliphatic hydroxyl groups is 1. The van der Waals surface area contributed by atoms with E-state index in [4.69, 9.17) is 9.84 Å². The molecule has 0 aliphatic heterocycles. The maximum Gasteiger partial charge on any atom is 0.163 e. The molecule has 0 aliphatic rings. The van der Waals surface area contributed by atoms with Crippen LogP contribution < -0.4 is 4.74 Å². The van der Waals surface area contributed by atoms with Crippen molar-refractivity contribution in [3.8, 4) is 5.75 Å². The lowest BCUT2D eigenvalue weighted by atomic mass is 10.1. The van der Waals surface area contributed by atoms with Crippen molar-refractivity contribution < 1.29 is 19.4 Å². The number of carbonyl (C=O) groups is 2. The summed E-state index contributed by atoms with van der Waals surface area (Å²) in [5.74, 6) is 0.243. The van der Waals surface area contributed by atoms with Crippen molar-refractivity contribution >= 4 is 23.7 Å². The summed E-state index contributed by atoms with van der Waals surface area (Å²) in [5.41, 5.74) is 2.51. The summed E-state index contributed by atoms with van der Waals surface area (Å²) < 4.78 is 5.07. The van der Waals surface area contributed by atoms with Gasteiger partial charge in [0, 0.05) is 0 Å². The number of rotatable bonds is 8. The minimum absolute atomic E-state index is 0.0159. The summed E-state index contributed by atoms with van der Waals surface area (Å²) in [5, 5.41) is 8.98. The van der Waals surface area contributed by atoms with Crippen LogP contribution in [0.25, 0.3) is 12.2 Å². The van der Waals surface area contributed by atoms with E-state index in [1.807, 2.05) is 12.1 Å². The first-order chi connectivity index (χ1) is 12.1. The Hall–Kier alpha value is -2.98. The molecule has 1 N–H and O–H groups in total. The number of aliphatic hydroxyl groups excluding tert-OH is 1. The molecule has 0 fully saturated rings. The third-order valence-electron chi connectivity index (χ3n) is 3.55. The summed E-state index contributed by atoms with van der Waals surface area (Å²) in [6.07, 6.45) is 5.96. The summed E-state index contributed by atoms with van der Waals surface area (Å²) >= 11 is 0. The van der Waals surface area contributed by atoms with Crippen LogP contribution in [0.2, 0.25) is 0 Å². The van der Waals surface area contributed by atoms with Crippen LogP contribution in [0.3, 0.4) is 0 Å². The van der Waals surface area contributed by atoms with Crippen molar-refractivity contribution in [3.05, 3.63) is 77.4 Å². The molecule has 0 unspecified atom stereocenters. The Morgan fingerprint density at radius 1 is 0.880 bits per heavy atom. The van der Waals surface area contributed by atoms with Crippen molar-refractivity contribution in [1.82, 2.24) is 0 Å². The molecule has 0 heterocycles. The molecule has 0 amide bonds. The Morgan fingerprint density at radius 2 is 1.36 bits per heavy atom. The number of hydrogen-bond acceptors (Lipinski definition) is 4. The number of ketones is 2. The van der Waals surface area contributed by atoms with Crippen LogP contribution in [0, 0.1) is 0 Å². The lowest BCUT2D eigenvalue weighted by molar-refractivity contribution is -0.121.